The molecule has 1 amide bonds. The first-order valence-corrected chi connectivity index (χ1v) is 7.18. The summed E-state index contributed by atoms with van der Waals surface area (Å²) in [7, 11) is 0. The summed E-state index contributed by atoms with van der Waals surface area (Å²) in [4.78, 5) is 11.9. The van der Waals surface area contributed by atoms with Gasteiger partial charge in [-0.2, -0.15) is 0 Å². The van der Waals surface area contributed by atoms with Crippen LogP contribution in [-0.4, -0.2) is 12.5 Å². The maximum atomic E-state index is 11.9. The Labute approximate surface area is 126 Å². The summed E-state index contributed by atoms with van der Waals surface area (Å²) < 4.78 is 0. The van der Waals surface area contributed by atoms with Crippen molar-refractivity contribution in [1.82, 2.24) is 5.32 Å². The second-order valence-electron chi connectivity index (χ2n) is 5.42. The summed E-state index contributed by atoms with van der Waals surface area (Å²) in [6.07, 6.45) is 0. The van der Waals surface area contributed by atoms with E-state index in [2.05, 4.69) is 42.7 Å². The van der Waals surface area contributed by atoms with Crippen LogP contribution in [0, 0.1) is 20.8 Å². The zero-order chi connectivity index (χ0) is 15.2. The van der Waals surface area contributed by atoms with E-state index in [9.17, 15) is 4.79 Å². The van der Waals surface area contributed by atoms with Crippen LogP contribution in [0.2, 0.25) is 0 Å². The number of hydrogen-bond acceptors (Lipinski definition) is 2. The molecule has 0 saturated heterocycles. The molecule has 0 bridgehead atoms. The molecule has 21 heavy (non-hydrogen) atoms. The Bertz CT molecular complexity index is 635. The maximum Gasteiger partial charge on any atom is 0.239 e. The number of hydrogen-bond donors (Lipinski definition) is 2. The Balaban J connectivity index is 1.80. The van der Waals surface area contributed by atoms with Crippen LogP contribution in [0.4, 0.5) is 5.69 Å². The van der Waals surface area contributed by atoms with Crippen LogP contribution in [0.25, 0.3) is 0 Å². The number of rotatable bonds is 5. The van der Waals surface area contributed by atoms with Crippen molar-refractivity contribution in [3.8, 4) is 0 Å². The smallest absolute Gasteiger partial charge is 0.239 e. The maximum absolute atomic E-state index is 11.9. The van der Waals surface area contributed by atoms with Gasteiger partial charge in [-0.3, -0.25) is 4.79 Å². The van der Waals surface area contributed by atoms with E-state index in [0.29, 0.717) is 6.54 Å². The summed E-state index contributed by atoms with van der Waals surface area (Å²) >= 11 is 0. The molecule has 0 atom stereocenters. The predicted octanol–water partition coefficient (Wildman–Crippen LogP) is 3.34. The molecule has 2 aromatic rings. The highest BCUT2D eigenvalue weighted by molar-refractivity contribution is 5.80. The third kappa shape index (κ3) is 4.63. The van der Waals surface area contributed by atoms with E-state index in [1.165, 1.54) is 16.7 Å². The van der Waals surface area contributed by atoms with Crippen LogP contribution >= 0.6 is 0 Å². The van der Waals surface area contributed by atoms with Crippen molar-refractivity contribution in [3.05, 3.63) is 64.7 Å². The monoisotopic (exact) mass is 282 g/mol. The van der Waals surface area contributed by atoms with Gasteiger partial charge in [0.05, 0.1) is 6.54 Å². The molecule has 0 aliphatic heterocycles. The summed E-state index contributed by atoms with van der Waals surface area (Å²) in [6, 6.07) is 14.3. The lowest BCUT2D eigenvalue weighted by Gasteiger charge is -2.10. The average molecular weight is 282 g/mol. The number of carbonyl (C=O) groups is 1. The van der Waals surface area contributed by atoms with Crippen LogP contribution in [0.15, 0.2) is 42.5 Å². The first-order chi connectivity index (χ1) is 10.0. The molecular formula is C18H22N2O. The summed E-state index contributed by atoms with van der Waals surface area (Å²) in [5.74, 6) is -0.00488. The molecule has 0 aromatic heterocycles. The number of carbonyl (C=O) groups excluding carboxylic acids is 1. The average Bonchev–Trinajstić information content (AvgIpc) is 2.46. The van der Waals surface area contributed by atoms with Crippen LogP contribution in [0.5, 0.6) is 0 Å². The van der Waals surface area contributed by atoms with Crippen LogP contribution in [0.1, 0.15) is 22.3 Å². The Morgan fingerprint density at radius 3 is 2.52 bits per heavy atom. The van der Waals surface area contributed by atoms with Gasteiger partial charge in [-0.1, -0.05) is 35.9 Å². The number of anilines is 1. The van der Waals surface area contributed by atoms with Gasteiger partial charge in [0.1, 0.15) is 0 Å². The molecule has 110 valence electrons. The van der Waals surface area contributed by atoms with Gasteiger partial charge >= 0.3 is 0 Å². The molecule has 2 aromatic carbocycles. The summed E-state index contributed by atoms with van der Waals surface area (Å²) in [5.41, 5.74) is 5.78. The molecular weight excluding hydrogens is 260 g/mol. The highest BCUT2D eigenvalue weighted by Crippen LogP contribution is 2.13. The molecule has 0 fully saturated rings. The zero-order valence-electron chi connectivity index (χ0n) is 12.9. The Kier molecular flexibility index (Phi) is 4.99. The van der Waals surface area contributed by atoms with E-state index in [1.807, 2.05) is 31.2 Å². The highest BCUT2D eigenvalue weighted by Gasteiger charge is 2.02. The number of benzene rings is 2. The van der Waals surface area contributed by atoms with Crippen molar-refractivity contribution in [2.24, 2.45) is 0 Å². The highest BCUT2D eigenvalue weighted by atomic mass is 16.1. The predicted molar refractivity (Wildman–Crippen MR) is 87.4 cm³/mol. The van der Waals surface area contributed by atoms with E-state index < -0.39 is 0 Å². The van der Waals surface area contributed by atoms with Crippen molar-refractivity contribution in [2.75, 3.05) is 11.9 Å². The number of nitrogens with one attached hydrogen (secondary N) is 2. The summed E-state index contributed by atoms with van der Waals surface area (Å²) in [6.45, 7) is 7.04. The fourth-order valence-electron chi connectivity index (χ4n) is 2.12. The van der Waals surface area contributed by atoms with Gasteiger partial charge < -0.3 is 10.6 Å². The first kappa shape index (κ1) is 15.1. The van der Waals surface area contributed by atoms with Crippen LogP contribution in [-0.2, 0) is 11.3 Å². The fraction of sp³-hybridized carbons (Fsp3) is 0.278. The minimum Gasteiger partial charge on any atom is -0.376 e. The molecule has 0 aliphatic rings. The lowest BCUT2D eigenvalue weighted by molar-refractivity contribution is -0.119. The first-order valence-electron chi connectivity index (χ1n) is 7.18. The van der Waals surface area contributed by atoms with Crippen LogP contribution < -0.4 is 10.6 Å². The van der Waals surface area contributed by atoms with E-state index in [4.69, 9.17) is 0 Å². The second kappa shape index (κ2) is 6.93. The number of aryl methyl sites for hydroxylation is 3. The van der Waals surface area contributed by atoms with Gasteiger partial charge in [0.2, 0.25) is 5.91 Å². The standard InChI is InChI=1S/C18H22N2O/c1-13-5-4-6-16(9-13)11-20-18(21)12-19-17-8-7-14(2)15(3)10-17/h4-10,19H,11-12H2,1-3H3,(H,20,21). The largest absolute Gasteiger partial charge is 0.376 e. The van der Waals surface area contributed by atoms with E-state index in [-0.39, 0.29) is 12.5 Å². The molecule has 0 heterocycles. The molecule has 0 spiro atoms. The molecule has 0 radical (unpaired) electrons. The zero-order valence-corrected chi connectivity index (χ0v) is 12.9. The van der Waals surface area contributed by atoms with Gasteiger partial charge in [0.25, 0.3) is 0 Å². The third-order valence-corrected chi connectivity index (χ3v) is 3.53. The van der Waals surface area contributed by atoms with Crippen molar-refractivity contribution in [3.63, 3.8) is 0 Å². The third-order valence-electron chi connectivity index (χ3n) is 3.53. The van der Waals surface area contributed by atoms with Gasteiger partial charge in [0, 0.05) is 12.2 Å². The molecule has 2 N–H and O–H groups in total. The summed E-state index contributed by atoms with van der Waals surface area (Å²) in [5, 5.41) is 6.07. The molecule has 0 aliphatic carbocycles. The minimum atomic E-state index is -0.00488. The molecule has 3 nitrogen and oxygen atoms in total. The van der Waals surface area contributed by atoms with Crippen molar-refractivity contribution in [2.45, 2.75) is 27.3 Å². The van der Waals surface area contributed by atoms with Crippen LogP contribution in [0.3, 0.4) is 0 Å². The Morgan fingerprint density at radius 2 is 1.81 bits per heavy atom. The van der Waals surface area contributed by atoms with Gasteiger partial charge in [-0.05, 0) is 49.6 Å². The molecule has 0 saturated carbocycles. The lowest BCUT2D eigenvalue weighted by Crippen LogP contribution is -2.29. The second-order valence-corrected chi connectivity index (χ2v) is 5.42. The quantitative estimate of drug-likeness (QED) is 0.883. The SMILES string of the molecule is Cc1cccc(CNC(=O)CNc2ccc(C)c(C)c2)c1. The van der Waals surface area contributed by atoms with Crippen molar-refractivity contribution in [1.29, 1.82) is 0 Å². The van der Waals surface area contributed by atoms with Crippen molar-refractivity contribution < 1.29 is 4.79 Å². The Morgan fingerprint density at radius 1 is 1.00 bits per heavy atom. The van der Waals surface area contributed by atoms with E-state index in [1.54, 1.807) is 0 Å². The molecule has 3 heteroatoms. The molecule has 2 rings (SSSR count). The lowest BCUT2D eigenvalue weighted by atomic mass is 10.1. The Hall–Kier alpha value is -2.29. The fourth-order valence-corrected chi connectivity index (χ4v) is 2.12. The number of amides is 1. The van der Waals surface area contributed by atoms with E-state index in [0.717, 1.165) is 11.3 Å². The minimum absolute atomic E-state index is 0.00488. The van der Waals surface area contributed by atoms with Gasteiger partial charge in [0.15, 0.2) is 0 Å². The normalized spacial score (nSPS) is 10.2. The molecule has 0 unspecified atom stereocenters. The van der Waals surface area contributed by atoms with Gasteiger partial charge in [-0.15, -0.1) is 0 Å². The topological polar surface area (TPSA) is 41.1 Å². The van der Waals surface area contributed by atoms with Gasteiger partial charge in [-0.25, -0.2) is 0 Å². The van der Waals surface area contributed by atoms with E-state index >= 15 is 0 Å². The van der Waals surface area contributed by atoms with Crippen molar-refractivity contribution >= 4 is 11.6 Å².